The Balaban J connectivity index is 2.11. The summed E-state index contributed by atoms with van der Waals surface area (Å²) in [4.78, 5) is 0. The van der Waals surface area contributed by atoms with Gasteiger partial charge in [0.15, 0.2) is 0 Å². The summed E-state index contributed by atoms with van der Waals surface area (Å²) in [5.74, 6) is 1.82. The predicted octanol–water partition coefficient (Wildman–Crippen LogP) is 2.83. The van der Waals surface area contributed by atoms with Crippen LogP contribution < -0.4 is 5.32 Å². The van der Waals surface area contributed by atoms with Crippen LogP contribution in [-0.2, 0) is 4.74 Å². The predicted molar refractivity (Wildman–Crippen MR) is 65.1 cm³/mol. The second-order valence-corrected chi connectivity index (χ2v) is 5.11. The molecule has 0 aliphatic heterocycles. The fraction of sp³-hybridized carbons (Fsp3) is 1.00. The lowest BCUT2D eigenvalue weighted by molar-refractivity contribution is 0.179. The number of nitrogens with one attached hydrogen (secondary N) is 1. The van der Waals surface area contributed by atoms with Crippen LogP contribution in [0, 0.1) is 11.8 Å². The van der Waals surface area contributed by atoms with Crippen molar-refractivity contribution in [3.8, 4) is 0 Å². The standard InChI is InChI=1S/C13H27NO/c1-11-6-4-5-7-13(11)10-14-12(2)8-9-15-3/h11-14H,4-10H2,1-3H3. The first-order chi connectivity index (χ1) is 7.24. The Morgan fingerprint density at radius 2 is 2.07 bits per heavy atom. The SMILES string of the molecule is COCCC(C)NCC1CCCCC1C. The first-order valence-corrected chi connectivity index (χ1v) is 6.46. The van der Waals surface area contributed by atoms with Gasteiger partial charge in [-0.1, -0.05) is 26.2 Å². The number of hydrogen-bond acceptors (Lipinski definition) is 2. The van der Waals surface area contributed by atoms with Crippen molar-refractivity contribution in [3.63, 3.8) is 0 Å². The molecule has 90 valence electrons. The summed E-state index contributed by atoms with van der Waals surface area (Å²) in [5.41, 5.74) is 0. The summed E-state index contributed by atoms with van der Waals surface area (Å²) < 4.78 is 5.09. The van der Waals surface area contributed by atoms with E-state index in [-0.39, 0.29) is 0 Å². The zero-order valence-electron chi connectivity index (χ0n) is 10.6. The Morgan fingerprint density at radius 3 is 2.73 bits per heavy atom. The third kappa shape index (κ3) is 4.98. The normalized spacial score (nSPS) is 29.0. The topological polar surface area (TPSA) is 21.3 Å². The molecule has 2 heteroatoms. The molecule has 0 radical (unpaired) electrons. The van der Waals surface area contributed by atoms with Crippen LogP contribution in [0.3, 0.4) is 0 Å². The Hall–Kier alpha value is -0.0800. The van der Waals surface area contributed by atoms with Crippen LogP contribution >= 0.6 is 0 Å². The van der Waals surface area contributed by atoms with E-state index in [1.807, 2.05) is 0 Å². The monoisotopic (exact) mass is 213 g/mol. The molecule has 3 atom stereocenters. The fourth-order valence-electron chi connectivity index (χ4n) is 2.45. The van der Waals surface area contributed by atoms with Crippen molar-refractivity contribution in [2.45, 2.75) is 52.0 Å². The van der Waals surface area contributed by atoms with Gasteiger partial charge in [0.1, 0.15) is 0 Å². The zero-order valence-corrected chi connectivity index (χ0v) is 10.6. The van der Waals surface area contributed by atoms with Crippen molar-refractivity contribution in [1.82, 2.24) is 5.32 Å². The van der Waals surface area contributed by atoms with E-state index < -0.39 is 0 Å². The zero-order chi connectivity index (χ0) is 11.1. The molecule has 0 heterocycles. The fourth-order valence-corrected chi connectivity index (χ4v) is 2.45. The average molecular weight is 213 g/mol. The Kier molecular flexibility index (Phi) is 6.26. The maximum atomic E-state index is 5.09. The van der Waals surface area contributed by atoms with E-state index in [9.17, 15) is 0 Å². The molecule has 0 aromatic heterocycles. The van der Waals surface area contributed by atoms with Crippen LogP contribution in [0.4, 0.5) is 0 Å². The van der Waals surface area contributed by atoms with Crippen LogP contribution in [-0.4, -0.2) is 26.3 Å². The van der Waals surface area contributed by atoms with Gasteiger partial charge in [-0.3, -0.25) is 0 Å². The number of hydrogen-bond donors (Lipinski definition) is 1. The van der Waals surface area contributed by atoms with Gasteiger partial charge in [-0.15, -0.1) is 0 Å². The second kappa shape index (κ2) is 7.24. The molecule has 2 nitrogen and oxygen atoms in total. The quantitative estimate of drug-likeness (QED) is 0.732. The molecule has 1 saturated carbocycles. The lowest BCUT2D eigenvalue weighted by Crippen LogP contribution is -2.35. The Bertz CT molecular complexity index is 161. The maximum absolute atomic E-state index is 5.09. The summed E-state index contributed by atoms with van der Waals surface area (Å²) in [5, 5.41) is 3.64. The van der Waals surface area contributed by atoms with E-state index in [1.165, 1.54) is 32.2 Å². The molecule has 1 fully saturated rings. The smallest absolute Gasteiger partial charge is 0.0476 e. The third-order valence-corrected chi connectivity index (χ3v) is 3.77. The Labute approximate surface area is 94.8 Å². The molecule has 1 aliphatic rings. The molecule has 0 saturated heterocycles. The highest BCUT2D eigenvalue weighted by molar-refractivity contribution is 4.75. The van der Waals surface area contributed by atoms with Crippen LogP contribution in [0.15, 0.2) is 0 Å². The van der Waals surface area contributed by atoms with Gasteiger partial charge >= 0.3 is 0 Å². The van der Waals surface area contributed by atoms with Gasteiger partial charge in [-0.25, -0.2) is 0 Å². The molecule has 0 spiro atoms. The number of rotatable bonds is 6. The van der Waals surface area contributed by atoms with E-state index >= 15 is 0 Å². The van der Waals surface area contributed by atoms with Crippen molar-refractivity contribution in [3.05, 3.63) is 0 Å². The Morgan fingerprint density at radius 1 is 1.33 bits per heavy atom. The van der Waals surface area contributed by atoms with Crippen molar-refractivity contribution in [2.75, 3.05) is 20.3 Å². The largest absolute Gasteiger partial charge is 0.385 e. The summed E-state index contributed by atoms with van der Waals surface area (Å²) in [7, 11) is 1.77. The van der Waals surface area contributed by atoms with Crippen LogP contribution in [0.5, 0.6) is 0 Å². The third-order valence-electron chi connectivity index (χ3n) is 3.77. The molecule has 0 aromatic carbocycles. The highest BCUT2D eigenvalue weighted by atomic mass is 16.5. The lowest BCUT2D eigenvalue weighted by atomic mass is 9.80. The molecule has 15 heavy (non-hydrogen) atoms. The highest BCUT2D eigenvalue weighted by Gasteiger charge is 2.21. The molecular weight excluding hydrogens is 186 g/mol. The molecule has 3 unspecified atom stereocenters. The highest BCUT2D eigenvalue weighted by Crippen LogP contribution is 2.28. The number of ether oxygens (including phenoxy) is 1. The first-order valence-electron chi connectivity index (χ1n) is 6.46. The van der Waals surface area contributed by atoms with Crippen LogP contribution in [0.1, 0.15) is 46.0 Å². The molecule has 1 aliphatic carbocycles. The van der Waals surface area contributed by atoms with Gasteiger partial charge in [0.25, 0.3) is 0 Å². The van der Waals surface area contributed by atoms with Gasteiger partial charge in [0.05, 0.1) is 0 Å². The lowest BCUT2D eigenvalue weighted by Gasteiger charge is -2.30. The summed E-state index contributed by atoms with van der Waals surface area (Å²) >= 11 is 0. The van der Waals surface area contributed by atoms with Crippen LogP contribution in [0.25, 0.3) is 0 Å². The van der Waals surface area contributed by atoms with Crippen molar-refractivity contribution in [1.29, 1.82) is 0 Å². The number of methoxy groups -OCH3 is 1. The van der Waals surface area contributed by atoms with Gasteiger partial charge in [-0.05, 0) is 38.1 Å². The maximum Gasteiger partial charge on any atom is 0.0476 e. The summed E-state index contributed by atoms with van der Waals surface area (Å²) in [6.45, 7) is 6.73. The van der Waals surface area contributed by atoms with Gasteiger partial charge in [-0.2, -0.15) is 0 Å². The van der Waals surface area contributed by atoms with E-state index in [0.29, 0.717) is 6.04 Å². The molecule has 0 aromatic rings. The molecule has 1 rings (SSSR count). The average Bonchev–Trinajstić information content (AvgIpc) is 2.25. The van der Waals surface area contributed by atoms with Crippen molar-refractivity contribution in [2.24, 2.45) is 11.8 Å². The van der Waals surface area contributed by atoms with E-state index in [2.05, 4.69) is 19.2 Å². The van der Waals surface area contributed by atoms with Gasteiger partial charge in [0.2, 0.25) is 0 Å². The summed E-state index contributed by atoms with van der Waals surface area (Å²) in [6.07, 6.45) is 6.85. The first kappa shape index (κ1) is 13.0. The van der Waals surface area contributed by atoms with Crippen molar-refractivity contribution >= 4 is 0 Å². The molecule has 1 N–H and O–H groups in total. The van der Waals surface area contributed by atoms with Crippen LogP contribution in [0.2, 0.25) is 0 Å². The minimum Gasteiger partial charge on any atom is -0.385 e. The van der Waals surface area contributed by atoms with E-state index in [4.69, 9.17) is 4.74 Å². The van der Waals surface area contributed by atoms with Crippen molar-refractivity contribution < 1.29 is 4.74 Å². The van der Waals surface area contributed by atoms with Gasteiger partial charge < -0.3 is 10.1 Å². The van der Waals surface area contributed by atoms with E-state index in [0.717, 1.165) is 24.9 Å². The second-order valence-electron chi connectivity index (χ2n) is 5.11. The minimum atomic E-state index is 0.596. The molecule has 0 amide bonds. The minimum absolute atomic E-state index is 0.596. The summed E-state index contributed by atoms with van der Waals surface area (Å²) in [6, 6.07) is 0.596. The molecular formula is C13H27NO. The van der Waals surface area contributed by atoms with E-state index in [1.54, 1.807) is 7.11 Å². The van der Waals surface area contributed by atoms with Gasteiger partial charge in [0, 0.05) is 19.8 Å². The molecule has 0 bridgehead atoms.